The molecule has 2 atom stereocenters. The SMILES string of the molecule is CC/C=C/CCCC[N+](CO)(C(C)C(=O)O)C(C)C(=O)O. The average Bonchev–Trinajstić information content (AvgIpc) is 2.45. The molecule has 6 heteroatoms. The molecule has 0 aromatic heterocycles. The quantitative estimate of drug-likeness (QED) is 0.234. The monoisotopic (exact) mass is 302 g/mol. The number of carboxylic acid groups (broad SMARTS) is 2. The molecule has 0 aromatic rings. The predicted molar refractivity (Wildman–Crippen MR) is 79.7 cm³/mol. The maximum absolute atomic E-state index is 11.3. The van der Waals surface area contributed by atoms with Gasteiger partial charge in [0.25, 0.3) is 0 Å². The number of hydrogen-bond donors (Lipinski definition) is 3. The Balaban J connectivity index is 4.91. The molecule has 2 unspecified atom stereocenters. The number of carboxylic acids is 2. The number of rotatable bonds is 11. The van der Waals surface area contributed by atoms with Crippen molar-refractivity contribution in [3.8, 4) is 0 Å². The van der Waals surface area contributed by atoms with Crippen LogP contribution in [0.25, 0.3) is 0 Å². The summed E-state index contributed by atoms with van der Waals surface area (Å²) in [6, 6.07) is -1.93. The van der Waals surface area contributed by atoms with E-state index in [2.05, 4.69) is 12.2 Å². The van der Waals surface area contributed by atoms with E-state index in [0.29, 0.717) is 13.0 Å². The second-order valence-corrected chi connectivity index (χ2v) is 5.37. The number of allylic oxidation sites excluding steroid dienone is 2. The Kier molecular flexibility index (Phi) is 8.89. The van der Waals surface area contributed by atoms with Gasteiger partial charge < -0.3 is 15.3 Å². The topological polar surface area (TPSA) is 94.8 Å². The van der Waals surface area contributed by atoms with E-state index in [1.807, 2.05) is 6.92 Å². The summed E-state index contributed by atoms with van der Waals surface area (Å²) < 4.78 is -0.345. The molecule has 0 rings (SSSR count). The molecule has 0 saturated heterocycles. The van der Waals surface area contributed by atoms with Crippen LogP contribution in [-0.4, -0.2) is 57.1 Å². The highest BCUT2D eigenvalue weighted by Crippen LogP contribution is 2.21. The first-order valence-electron chi connectivity index (χ1n) is 7.41. The molecule has 0 aromatic carbocycles. The molecule has 0 spiro atoms. The van der Waals surface area contributed by atoms with Crippen LogP contribution in [0.5, 0.6) is 0 Å². The standard InChI is InChI=1S/C15H27NO5/c1-4-5-6-7-8-9-10-16(11-17,12(2)14(18)19)13(3)15(20)21/h5-6,12-13,17H,4,7-11H2,1-3H3,(H-,18,19,20,21)/p+1/b6-5+. The molecule has 3 N–H and O–H groups in total. The minimum absolute atomic E-state index is 0.331. The fourth-order valence-electron chi connectivity index (χ4n) is 2.43. The van der Waals surface area contributed by atoms with E-state index >= 15 is 0 Å². The van der Waals surface area contributed by atoms with Crippen LogP contribution in [0.1, 0.15) is 46.5 Å². The van der Waals surface area contributed by atoms with E-state index in [1.54, 1.807) is 0 Å². The molecule has 0 aliphatic rings. The number of aliphatic hydroxyl groups excluding tert-OH is 1. The van der Waals surface area contributed by atoms with Crippen LogP contribution in [0, 0.1) is 0 Å². The van der Waals surface area contributed by atoms with Crippen molar-refractivity contribution in [2.75, 3.05) is 13.3 Å². The van der Waals surface area contributed by atoms with Crippen LogP contribution in [-0.2, 0) is 9.59 Å². The second-order valence-electron chi connectivity index (χ2n) is 5.37. The van der Waals surface area contributed by atoms with Gasteiger partial charge in [-0.05, 0) is 39.5 Å². The summed E-state index contributed by atoms with van der Waals surface area (Å²) in [6.45, 7) is 4.79. The second kappa shape index (κ2) is 9.52. The van der Waals surface area contributed by atoms with E-state index in [9.17, 15) is 24.9 Å². The molecule has 0 aliphatic carbocycles. The van der Waals surface area contributed by atoms with E-state index in [-0.39, 0.29) is 4.48 Å². The maximum Gasteiger partial charge on any atom is 0.362 e. The first-order chi connectivity index (χ1) is 9.83. The van der Waals surface area contributed by atoms with Crippen LogP contribution in [0.15, 0.2) is 12.2 Å². The molecule has 0 bridgehead atoms. The smallest absolute Gasteiger partial charge is 0.362 e. The van der Waals surface area contributed by atoms with Crippen LogP contribution >= 0.6 is 0 Å². The van der Waals surface area contributed by atoms with Crippen molar-refractivity contribution in [3.05, 3.63) is 12.2 Å². The molecular weight excluding hydrogens is 274 g/mol. The Hall–Kier alpha value is -1.40. The lowest BCUT2D eigenvalue weighted by Crippen LogP contribution is -2.65. The fourth-order valence-corrected chi connectivity index (χ4v) is 2.43. The van der Waals surface area contributed by atoms with E-state index < -0.39 is 30.8 Å². The molecule has 0 heterocycles. The third-order valence-electron chi connectivity index (χ3n) is 4.12. The van der Waals surface area contributed by atoms with Gasteiger partial charge in [0, 0.05) is 0 Å². The maximum atomic E-state index is 11.3. The first-order valence-corrected chi connectivity index (χ1v) is 7.41. The van der Waals surface area contributed by atoms with Crippen LogP contribution in [0.2, 0.25) is 0 Å². The first kappa shape index (κ1) is 19.6. The Morgan fingerprint density at radius 3 is 1.95 bits per heavy atom. The zero-order chi connectivity index (χ0) is 16.5. The van der Waals surface area contributed by atoms with Crippen molar-refractivity contribution >= 4 is 11.9 Å². The van der Waals surface area contributed by atoms with Crippen molar-refractivity contribution in [3.63, 3.8) is 0 Å². The lowest BCUT2D eigenvalue weighted by molar-refractivity contribution is -0.971. The lowest BCUT2D eigenvalue weighted by Gasteiger charge is -2.42. The molecule has 21 heavy (non-hydrogen) atoms. The number of aliphatic hydroxyl groups is 1. The van der Waals surface area contributed by atoms with Crippen molar-refractivity contribution in [1.82, 2.24) is 0 Å². The van der Waals surface area contributed by atoms with Gasteiger partial charge in [-0.2, -0.15) is 0 Å². The predicted octanol–water partition coefficient (Wildman–Crippen LogP) is 1.84. The number of unbranched alkanes of at least 4 members (excludes halogenated alkanes) is 2. The highest BCUT2D eigenvalue weighted by molar-refractivity contribution is 5.74. The van der Waals surface area contributed by atoms with Crippen molar-refractivity contribution in [1.29, 1.82) is 0 Å². The third kappa shape index (κ3) is 5.47. The highest BCUT2D eigenvalue weighted by Gasteiger charge is 2.45. The largest absolute Gasteiger partial charge is 0.477 e. The summed E-state index contributed by atoms with van der Waals surface area (Å²) in [5.74, 6) is -2.19. The zero-order valence-electron chi connectivity index (χ0n) is 13.2. The van der Waals surface area contributed by atoms with Crippen LogP contribution in [0.3, 0.4) is 0 Å². The van der Waals surface area contributed by atoms with Gasteiger partial charge in [-0.15, -0.1) is 0 Å². The molecule has 0 aliphatic heterocycles. The number of carbonyl (C=O) groups is 2. The molecule has 0 radical (unpaired) electrons. The van der Waals surface area contributed by atoms with Crippen LogP contribution < -0.4 is 0 Å². The fraction of sp³-hybridized carbons (Fsp3) is 0.733. The minimum Gasteiger partial charge on any atom is -0.477 e. The summed E-state index contributed by atoms with van der Waals surface area (Å²) in [5.41, 5.74) is 0. The molecular formula is C15H28NO5+. The lowest BCUT2D eigenvalue weighted by atomic mass is 10.1. The summed E-state index contributed by atoms with van der Waals surface area (Å²) in [7, 11) is 0. The molecule has 0 saturated carbocycles. The normalized spacial score (nSPS) is 17.3. The number of aliphatic carboxylic acids is 2. The van der Waals surface area contributed by atoms with Gasteiger partial charge in [0.1, 0.15) is 0 Å². The average molecular weight is 302 g/mol. The summed E-state index contributed by atoms with van der Waals surface area (Å²) in [5, 5.41) is 28.1. The number of hydrogen-bond acceptors (Lipinski definition) is 3. The van der Waals surface area contributed by atoms with Gasteiger partial charge in [-0.1, -0.05) is 19.1 Å². The number of quaternary nitrogens is 1. The zero-order valence-corrected chi connectivity index (χ0v) is 13.2. The summed E-state index contributed by atoms with van der Waals surface area (Å²) >= 11 is 0. The minimum atomic E-state index is -1.09. The van der Waals surface area contributed by atoms with Gasteiger partial charge in [0.2, 0.25) is 0 Å². The number of nitrogens with zero attached hydrogens (tertiary/aromatic N) is 1. The van der Waals surface area contributed by atoms with Gasteiger partial charge in [0.05, 0.1) is 6.54 Å². The Morgan fingerprint density at radius 2 is 1.57 bits per heavy atom. The van der Waals surface area contributed by atoms with Gasteiger partial charge in [-0.3, -0.25) is 4.48 Å². The van der Waals surface area contributed by atoms with E-state index in [1.165, 1.54) is 13.8 Å². The van der Waals surface area contributed by atoms with Crippen molar-refractivity contribution in [2.24, 2.45) is 0 Å². The Morgan fingerprint density at radius 1 is 1.05 bits per heavy atom. The van der Waals surface area contributed by atoms with E-state index in [0.717, 1.165) is 19.3 Å². The van der Waals surface area contributed by atoms with E-state index in [4.69, 9.17) is 0 Å². The highest BCUT2D eigenvalue weighted by atomic mass is 16.4. The molecule has 122 valence electrons. The van der Waals surface area contributed by atoms with Gasteiger partial charge in [-0.25, -0.2) is 9.59 Å². The summed E-state index contributed by atoms with van der Waals surface area (Å²) in [6.07, 6.45) is 7.49. The van der Waals surface area contributed by atoms with Crippen molar-refractivity contribution < 1.29 is 29.4 Å². The third-order valence-corrected chi connectivity index (χ3v) is 4.12. The van der Waals surface area contributed by atoms with Gasteiger partial charge >= 0.3 is 11.9 Å². The Bertz CT molecular complexity index is 347. The molecule has 0 amide bonds. The van der Waals surface area contributed by atoms with Crippen LogP contribution in [0.4, 0.5) is 0 Å². The molecule has 6 nitrogen and oxygen atoms in total. The summed E-state index contributed by atoms with van der Waals surface area (Å²) in [4.78, 5) is 22.6. The molecule has 0 fully saturated rings. The van der Waals surface area contributed by atoms with Crippen molar-refractivity contribution in [2.45, 2.75) is 58.5 Å². The van der Waals surface area contributed by atoms with Gasteiger partial charge in [0.15, 0.2) is 18.8 Å². The Labute approximate surface area is 126 Å².